The molecular weight excluding hydrogens is 276 g/mol. The lowest BCUT2D eigenvalue weighted by atomic mass is 10.2. The van der Waals surface area contributed by atoms with Crippen molar-refractivity contribution in [2.45, 2.75) is 32.2 Å². The average Bonchev–Trinajstić information content (AvgIpc) is 2.96. The van der Waals surface area contributed by atoms with Gasteiger partial charge in [0.1, 0.15) is 5.75 Å². The van der Waals surface area contributed by atoms with Crippen LogP contribution < -0.4 is 15.4 Å². The summed E-state index contributed by atoms with van der Waals surface area (Å²) < 4.78 is 5.45. The van der Waals surface area contributed by atoms with Crippen LogP contribution in [0.3, 0.4) is 0 Å². The highest BCUT2D eigenvalue weighted by Gasteiger charge is 2.14. The van der Waals surface area contributed by atoms with E-state index < -0.39 is 0 Å². The van der Waals surface area contributed by atoms with E-state index in [1.165, 1.54) is 12.0 Å². The Kier molecular flexibility index (Phi) is 7.41. The first-order chi connectivity index (χ1) is 9.28. The van der Waals surface area contributed by atoms with E-state index in [1.54, 1.807) is 0 Å². The Morgan fingerprint density at radius 1 is 1.40 bits per heavy atom. The number of amides is 1. The van der Waals surface area contributed by atoms with E-state index >= 15 is 0 Å². The lowest BCUT2D eigenvalue weighted by Crippen LogP contribution is -2.39. The van der Waals surface area contributed by atoms with Gasteiger partial charge < -0.3 is 15.4 Å². The van der Waals surface area contributed by atoms with Crippen LogP contribution in [0.4, 0.5) is 0 Å². The first-order valence-corrected chi connectivity index (χ1v) is 6.99. The fraction of sp³-hybridized carbons (Fsp3) is 0.533. The van der Waals surface area contributed by atoms with Gasteiger partial charge in [-0.2, -0.15) is 0 Å². The number of rotatable bonds is 6. The number of halogens is 1. The molecule has 1 saturated heterocycles. The standard InChI is InChI=1S/C15H22N2O2.ClH/c1-2-12-5-7-14(8-6-12)19-11-15(18)17-10-13-4-3-9-16-13;/h5-8,13,16H,2-4,9-11H2,1H3,(H,17,18);1H. The Morgan fingerprint density at radius 2 is 2.15 bits per heavy atom. The van der Waals surface area contributed by atoms with Gasteiger partial charge in [0.25, 0.3) is 5.91 Å². The van der Waals surface area contributed by atoms with Crippen molar-refractivity contribution >= 4 is 18.3 Å². The number of hydrogen-bond acceptors (Lipinski definition) is 3. The second kappa shape index (κ2) is 8.82. The van der Waals surface area contributed by atoms with Gasteiger partial charge in [0.05, 0.1) is 0 Å². The molecule has 1 unspecified atom stereocenters. The number of aryl methyl sites for hydroxylation is 1. The molecule has 1 aromatic rings. The van der Waals surface area contributed by atoms with E-state index in [0.29, 0.717) is 12.6 Å². The molecule has 0 aliphatic carbocycles. The Hall–Kier alpha value is -1.26. The van der Waals surface area contributed by atoms with Crippen LogP contribution in [0.25, 0.3) is 0 Å². The zero-order valence-corrected chi connectivity index (χ0v) is 12.7. The van der Waals surface area contributed by atoms with Crippen molar-refractivity contribution in [3.05, 3.63) is 29.8 Å². The van der Waals surface area contributed by atoms with Crippen LogP contribution >= 0.6 is 12.4 Å². The SMILES string of the molecule is CCc1ccc(OCC(=O)NCC2CCCN2)cc1.Cl. The number of hydrogen-bond donors (Lipinski definition) is 2. The van der Waals surface area contributed by atoms with E-state index in [0.717, 1.165) is 25.1 Å². The first kappa shape index (κ1) is 16.8. The summed E-state index contributed by atoms with van der Waals surface area (Å²) in [6.07, 6.45) is 3.34. The highest BCUT2D eigenvalue weighted by Crippen LogP contribution is 2.12. The zero-order chi connectivity index (χ0) is 13.5. The van der Waals surface area contributed by atoms with Crippen molar-refractivity contribution in [1.29, 1.82) is 0 Å². The molecule has 2 N–H and O–H groups in total. The van der Waals surface area contributed by atoms with Crippen LogP contribution in [0, 0.1) is 0 Å². The maximum absolute atomic E-state index is 11.6. The van der Waals surface area contributed by atoms with Gasteiger partial charge in [-0.3, -0.25) is 4.79 Å². The van der Waals surface area contributed by atoms with Crippen molar-refractivity contribution in [2.75, 3.05) is 19.7 Å². The predicted octanol–water partition coefficient (Wildman–Crippen LogP) is 1.92. The van der Waals surface area contributed by atoms with E-state index in [1.807, 2.05) is 24.3 Å². The molecule has 1 aliphatic rings. The fourth-order valence-electron chi connectivity index (χ4n) is 2.19. The fourth-order valence-corrected chi connectivity index (χ4v) is 2.19. The highest BCUT2D eigenvalue weighted by atomic mass is 35.5. The molecule has 1 aliphatic heterocycles. The van der Waals surface area contributed by atoms with Gasteiger partial charge in [0, 0.05) is 12.6 Å². The number of carbonyl (C=O) groups is 1. The van der Waals surface area contributed by atoms with E-state index in [4.69, 9.17) is 4.74 Å². The number of nitrogens with one attached hydrogen (secondary N) is 2. The van der Waals surface area contributed by atoms with Crippen LogP contribution in [-0.2, 0) is 11.2 Å². The van der Waals surface area contributed by atoms with Gasteiger partial charge in [0.2, 0.25) is 0 Å². The number of carbonyl (C=O) groups excluding carboxylic acids is 1. The second-order valence-electron chi connectivity index (χ2n) is 4.88. The maximum Gasteiger partial charge on any atom is 0.257 e. The summed E-state index contributed by atoms with van der Waals surface area (Å²) in [5, 5.41) is 6.23. The topological polar surface area (TPSA) is 50.4 Å². The van der Waals surface area contributed by atoms with E-state index in [2.05, 4.69) is 17.6 Å². The van der Waals surface area contributed by atoms with Crippen molar-refractivity contribution in [2.24, 2.45) is 0 Å². The summed E-state index contributed by atoms with van der Waals surface area (Å²) in [6, 6.07) is 8.29. The summed E-state index contributed by atoms with van der Waals surface area (Å²) in [5.74, 6) is 0.680. The summed E-state index contributed by atoms with van der Waals surface area (Å²) in [4.78, 5) is 11.6. The molecule has 1 amide bonds. The predicted molar refractivity (Wildman–Crippen MR) is 82.6 cm³/mol. The molecule has 1 atom stereocenters. The van der Waals surface area contributed by atoms with Gasteiger partial charge in [-0.25, -0.2) is 0 Å². The van der Waals surface area contributed by atoms with Crippen LogP contribution in [0.15, 0.2) is 24.3 Å². The minimum Gasteiger partial charge on any atom is -0.484 e. The largest absolute Gasteiger partial charge is 0.484 e. The molecule has 2 rings (SSSR count). The zero-order valence-electron chi connectivity index (χ0n) is 11.9. The molecule has 1 heterocycles. The third-order valence-electron chi connectivity index (χ3n) is 3.41. The van der Waals surface area contributed by atoms with Crippen molar-refractivity contribution in [3.8, 4) is 5.75 Å². The van der Waals surface area contributed by atoms with Crippen LogP contribution in [0.5, 0.6) is 5.75 Å². The number of benzene rings is 1. The van der Waals surface area contributed by atoms with Gasteiger partial charge in [-0.05, 0) is 43.5 Å². The quantitative estimate of drug-likeness (QED) is 0.843. The monoisotopic (exact) mass is 298 g/mol. The smallest absolute Gasteiger partial charge is 0.257 e. The third-order valence-corrected chi connectivity index (χ3v) is 3.41. The van der Waals surface area contributed by atoms with Crippen LogP contribution in [-0.4, -0.2) is 31.6 Å². The summed E-state index contributed by atoms with van der Waals surface area (Å²) in [6.45, 7) is 3.94. The first-order valence-electron chi connectivity index (χ1n) is 6.99. The Labute approximate surface area is 126 Å². The highest BCUT2D eigenvalue weighted by molar-refractivity contribution is 5.85. The molecule has 20 heavy (non-hydrogen) atoms. The van der Waals surface area contributed by atoms with Gasteiger partial charge in [0.15, 0.2) is 6.61 Å². The Morgan fingerprint density at radius 3 is 2.75 bits per heavy atom. The maximum atomic E-state index is 11.6. The molecular formula is C15H23ClN2O2. The summed E-state index contributed by atoms with van der Waals surface area (Å²) >= 11 is 0. The lowest BCUT2D eigenvalue weighted by Gasteiger charge is -2.12. The molecule has 5 heteroatoms. The third kappa shape index (κ3) is 5.39. The summed E-state index contributed by atoms with van der Waals surface area (Å²) in [7, 11) is 0. The van der Waals surface area contributed by atoms with Gasteiger partial charge >= 0.3 is 0 Å². The molecule has 0 bridgehead atoms. The molecule has 112 valence electrons. The second-order valence-corrected chi connectivity index (χ2v) is 4.88. The van der Waals surface area contributed by atoms with Crippen molar-refractivity contribution in [3.63, 3.8) is 0 Å². The number of ether oxygens (including phenoxy) is 1. The lowest BCUT2D eigenvalue weighted by molar-refractivity contribution is -0.123. The average molecular weight is 299 g/mol. The van der Waals surface area contributed by atoms with Crippen molar-refractivity contribution in [1.82, 2.24) is 10.6 Å². The van der Waals surface area contributed by atoms with Gasteiger partial charge in [-0.1, -0.05) is 19.1 Å². The van der Waals surface area contributed by atoms with Crippen LogP contribution in [0.1, 0.15) is 25.3 Å². The molecule has 0 saturated carbocycles. The Balaban J connectivity index is 0.00000200. The molecule has 4 nitrogen and oxygen atoms in total. The van der Waals surface area contributed by atoms with E-state index in [9.17, 15) is 4.79 Å². The minimum atomic E-state index is -0.0618. The van der Waals surface area contributed by atoms with E-state index in [-0.39, 0.29) is 24.9 Å². The van der Waals surface area contributed by atoms with Crippen molar-refractivity contribution < 1.29 is 9.53 Å². The molecule has 1 aromatic carbocycles. The molecule has 1 fully saturated rings. The molecule has 0 spiro atoms. The normalized spacial score (nSPS) is 17.4. The van der Waals surface area contributed by atoms with Gasteiger partial charge in [-0.15, -0.1) is 12.4 Å². The Bertz CT molecular complexity index is 403. The van der Waals surface area contributed by atoms with Crippen LogP contribution in [0.2, 0.25) is 0 Å². The molecule has 0 radical (unpaired) electrons. The molecule has 0 aromatic heterocycles. The summed E-state index contributed by atoms with van der Waals surface area (Å²) in [5.41, 5.74) is 1.27. The minimum absolute atomic E-state index is 0.